The third-order valence-electron chi connectivity index (χ3n) is 4.51. The summed E-state index contributed by atoms with van der Waals surface area (Å²) in [5.74, 6) is 0. The van der Waals surface area contributed by atoms with Crippen molar-refractivity contribution in [1.29, 1.82) is 0 Å². The van der Waals surface area contributed by atoms with E-state index < -0.39 is 0 Å². The van der Waals surface area contributed by atoms with E-state index in [2.05, 4.69) is 58.9 Å². The second-order valence-corrected chi connectivity index (χ2v) is 5.36. The van der Waals surface area contributed by atoms with Gasteiger partial charge >= 0.3 is 0 Å². The Morgan fingerprint density at radius 3 is 1.74 bits per heavy atom. The molecule has 0 radical (unpaired) electrons. The molecule has 1 heteroatoms. The lowest BCUT2D eigenvalue weighted by atomic mass is 9.85. The van der Waals surface area contributed by atoms with E-state index in [1.165, 1.54) is 44.5 Å². The molecule has 100 valence electrons. The topological polar surface area (TPSA) is 26.0 Å². The molecule has 2 rings (SSSR count). The number of benzene rings is 2. The molecule has 0 aliphatic carbocycles. The maximum absolute atomic E-state index is 5.89. The van der Waals surface area contributed by atoms with Gasteiger partial charge in [0.2, 0.25) is 0 Å². The summed E-state index contributed by atoms with van der Waals surface area (Å²) in [7, 11) is 0. The standard InChI is InChI=1S/C18H23N/c1-11-12(2)14(4)18(15(5)13(11)3)17-9-7-6-8-16(17)10-19/h6-9H,10,19H2,1-5H3. The van der Waals surface area contributed by atoms with Gasteiger partial charge in [-0.05, 0) is 79.1 Å². The first-order chi connectivity index (χ1) is 8.99. The van der Waals surface area contributed by atoms with Crippen LogP contribution in [0.5, 0.6) is 0 Å². The van der Waals surface area contributed by atoms with Crippen molar-refractivity contribution in [2.75, 3.05) is 0 Å². The second kappa shape index (κ2) is 5.18. The van der Waals surface area contributed by atoms with Crippen molar-refractivity contribution >= 4 is 0 Å². The summed E-state index contributed by atoms with van der Waals surface area (Å²) < 4.78 is 0. The molecule has 0 amide bonds. The Balaban J connectivity index is 2.83. The van der Waals surface area contributed by atoms with Gasteiger partial charge < -0.3 is 5.73 Å². The van der Waals surface area contributed by atoms with E-state index in [9.17, 15) is 0 Å². The Labute approximate surface area is 116 Å². The van der Waals surface area contributed by atoms with Gasteiger partial charge in [-0.25, -0.2) is 0 Å². The molecule has 0 unspecified atom stereocenters. The van der Waals surface area contributed by atoms with E-state index in [0.717, 1.165) is 0 Å². The molecule has 0 heterocycles. The third kappa shape index (κ3) is 2.19. The minimum absolute atomic E-state index is 0.584. The third-order valence-corrected chi connectivity index (χ3v) is 4.51. The quantitative estimate of drug-likeness (QED) is 0.845. The van der Waals surface area contributed by atoms with Gasteiger partial charge in [-0.2, -0.15) is 0 Å². The smallest absolute Gasteiger partial charge is 0.0184 e. The van der Waals surface area contributed by atoms with Gasteiger partial charge in [-0.15, -0.1) is 0 Å². The first-order valence-corrected chi connectivity index (χ1v) is 6.84. The highest BCUT2D eigenvalue weighted by Gasteiger charge is 2.15. The average molecular weight is 253 g/mol. The molecule has 0 aromatic heterocycles. The summed E-state index contributed by atoms with van der Waals surface area (Å²) in [6.07, 6.45) is 0. The summed E-state index contributed by atoms with van der Waals surface area (Å²) in [6, 6.07) is 8.46. The zero-order chi connectivity index (χ0) is 14.2. The summed E-state index contributed by atoms with van der Waals surface area (Å²) in [4.78, 5) is 0. The number of rotatable bonds is 2. The van der Waals surface area contributed by atoms with Crippen molar-refractivity contribution in [1.82, 2.24) is 0 Å². The van der Waals surface area contributed by atoms with Crippen LogP contribution in [0.4, 0.5) is 0 Å². The summed E-state index contributed by atoms with van der Waals surface area (Å²) in [5, 5.41) is 0. The van der Waals surface area contributed by atoms with E-state index in [1.807, 2.05) is 0 Å². The number of hydrogen-bond donors (Lipinski definition) is 1. The minimum Gasteiger partial charge on any atom is -0.326 e. The Hall–Kier alpha value is -1.60. The Bertz CT molecular complexity index is 595. The van der Waals surface area contributed by atoms with Gasteiger partial charge in [0.05, 0.1) is 0 Å². The molecule has 0 saturated carbocycles. The van der Waals surface area contributed by atoms with Crippen LogP contribution in [0, 0.1) is 34.6 Å². The van der Waals surface area contributed by atoms with Gasteiger partial charge in [0.25, 0.3) is 0 Å². The summed E-state index contributed by atoms with van der Waals surface area (Å²) >= 11 is 0. The van der Waals surface area contributed by atoms with Gasteiger partial charge in [-0.1, -0.05) is 24.3 Å². The number of nitrogens with two attached hydrogens (primary N) is 1. The molecule has 0 bridgehead atoms. The molecule has 0 fully saturated rings. The lowest BCUT2D eigenvalue weighted by Crippen LogP contribution is -2.03. The molecule has 0 spiro atoms. The highest BCUT2D eigenvalue weighted by atomic mass is 14.5. The predicted octanol–water partition coefficient (Wildman–Crippen LogP) is 4.35. The van der Waals surface area contributed by atoms with Crippen molar-refractivity contribution in [2.45, 2.75) is 41.2 Å². The van der Waals surface area contributed by atoms with E-state index in [4.69, 9.17) is 5.73 Å². The first kappa shape index (κ1) is 13.8. The summed E-state index contributed by atoms with van der Waals surface area (Å²) in [5.41, 5.74) is 16.7. The van der Waals surface area contributed by atoms with E-state index >= 15 is 0 Å². The van der Waals surface area contributed by atoms with Crippen molar-refractivity contribution in [3.8, 4) is 11.1 Å². The van der Waals surface area contributed by atoms with Crippen LogP contribution in [0.1, 0.15) is 33.4 Å². The Morgan fingerprint density at radius 1 is 0.737 bits per heavy atom. The maximum Gasteiger partial charge on any atom is 0.0184 e. The SMILES string of the molecule is Cc1c(C)c(C)c(-c2ccccc2CN)c(C)c1C. The Kier molecular flexibility index (Phi) is 3.77. The first-order valence-electron chi connectivity index (χ1n) is 6.84. The molecule has 0 atom stereocenters. The molecular weight excluding hydrogens is 230 g/mol. The van der Waals surface area contributed by atoms with E-state index in [0.29, 0.717) is 6.54 Å². The second-order valence-electron chi connectivity index (χ2n) is 5.36. The highest BCUT2D eigenvalue weighted by Crippen LogP contribution is 2.35. The molecular formula is C18H23N. The van der Waals surface area contributed by atoms with Crippen molar-refractivity contribution < 1.29 is 0 Å². The van der Waals surface area contributed by atoms with Crippen LogP contribution in [-0.4, -0.2) is 0 Å². The minimum atomic E-state index is 0.584. The fraction of sp³-hybridized carbons (Fsp3) is 0.333. The molecule has 2 aromatic rings. The fourth-order valence-electron chi connectivity index (χ4n) is 2.85. The zero-order valence-corrected chi connectivity index (χ0v) is 12.6. The monoisotopic (exact) mass is 253 g/mol. The lowest BCUT2D eigenvalue weighted by molar-refractivity contribution is 1.07. The molecule has 19 heavy (non-hydrogen) atoms. The number of hydrogen-bond acceptors (Lipinski definition) is 1. The van der Waals surface area contributed by atoms with Crippen LogP contribution in [0.3, 0.4) is 0 Å². The molecule has 2 aromatic carbocycles. The van der Waals surface area contributed by atoms with Crippen LogP contribution in [0.2, 0.25) is 0 Å². The van der Waals surface area contributed by atoms with Crippen LogP contribution in [0.25, 0.3) is 11.1 Å². The van der Waals surface area contributed by atoms with Crippen LogP contribution in [0.15, 0.2) is 24.3 Å². The lowest BCUT2D eigenvalue weighted by Gasteiger charge is -2.20. The Morgan fingerprint density at radius 2 is 1.21 bits per heavy atom. The van der Waals surface area contributed by atoms with E-state index in [-0.39, 0.29) is 0 Å². The van der Waals surface area contributed by atoms with Crippen molar-refractivity contribution in [3.63, 3.8) is 0 Å². The molecule has 0 aliphatic rings. The van der Waals surface area contributed by atoms with Gasteiger partial charge in [-0.3, -0.25) is 0 Å². The largest absolute Gasteiger partial charge is 0.326 e. The van der Waals surface area contributed by atoms with Crippen LogP contribution < -0.4 is 5.73 Å². The maximum atomic E-state index is 5.89. The predicted molar refractivity (Wildman–Crippen MR) is 83.5 cm³/mol. The summed E-state index contributed by atoms with van der Waals surface area (Å²) in [6.45, 7) is 11.7. The highest BCUT2D eigenvalue weighted by molar-refractivity contribution is 5.77. The van der Waals surface area contributed by atoms with E-state index in [1.54, 1.807) is 0 Å². The van der Waals surface area contributed by atoms with Crippen molar-refractivity contribution in [3.05, 3.63) is 57.6 Å². The zero-order valence-electron chi connectivity index (χ0n) is 12.6. The van der Waals surface area contributed by atoms with Gasteiger partial charge in [0.15, 0.2) is 0 Å². The van der Waals surface area contributed by atoms with Gasteiger partial charge in [0, 0.05) is 6.54 Å². The molecule has 0 saturated heterocycles. The normalized spacial score (nSPS) is 10.8. The molecule has 2 N–H and O–H groups in total. The van der Waals surface area contributed by atoms with Crippen molar-refractivity contribution in [2.24, 2.45) is 5.73 Å². The van der Waals surface area contributed by atoms with Gasteiger partial charge in [0.1, 0.15) is 0 Å². The van der Waals surface area contributed by atoms with Crippen LogP contribution in [-0.2, 0) is 6.54 Å². The fourth-order valence-corrected chi connectivity index (χ4v) is 2.85. The average Bonchev–Trinajstić information content (AvgIpc) is 2.44. The molecule has 0 aliphatic heterocycles. The van der Waals surface area contributed by atoms with Crippen LogP contribution >= 0.6 is 0 Å². The molecule has 1 nitrogen and oxygen atoms in total.